The molecule has 5 nitrogen and oxygen atoms in total. The zero-order valence-corrected chi connectivity index (χ0v) is 18.3. The van der Waals surface area contributed by atoms with E-state index in [-0.39, 0.29) is 11.7 Å². The summed E-state index contributed by atoms with van der Waals surface area (Å²) >= 11 is 0. The molecule has 0 saturated heterocycles. The van der Waals surface area contributed by atoms with Crippen LogP contribution < -0.4 is 14.8 Å². The highest BCUT2D eigenvalue weighted by Crippen LogP contribution is 2.30. The van der Waals surface area contributed by atoms with Gasteiger partial charge in [-0.05, 0) is 63.6 Å². The maximum absolute atomic E-state index is 13.0. The van der Waals surface area contributed by atoms with Gasteiger partial charge in [-0.3, -0.25) is 9.69 Å². The molecule has 0 bridgehead atoms. The smallest absolute Gasteiger partial charge is 0.248 e. The summed E-state index contributed by atoms with van der Waals surface area (Å²) < 4.78 is 24.3. The van der Waals surface area contributed by atoms with Crippen molar-refractivity contribution in [2.24, 2.45) is 0 Å². The van der Waals surface area contributed by atoms with E-state index in [9.17, 15) is 9.18 Å². The molecule has 2 aromatic carbocycles. The molecule has 162 valence electrons. The second kappa shape index (κ2) is 11.4. The summed E-state index contributed by atoms with van der Waals surface area (Å²) in [5.74, 6) is 0.578. The van der Waals surface area contributed by atoms with Crippen molar-refractivity contribution >= 4 is 17.7 Å². The van der Waals surface area contributed by atoms with E-state index < -0.39 is 0 Å². The molecule has 30 heavy (non-hydrogen) atoms. The molecule has 0 aliphatic rings. The number of hydrogen-bond acceptors (Lipinski definition) is 4. The molecule has 0 unspecified atom stereocenters. The number of benzene rings is 2. The van der Waals surface area contributed by atoms with E-state index in [1.807, 2.05) is 0 Å². The molecule has 0 fully saturated rings. The lowest BCUT2D eigenvalue weighted by molar-refractivity contribution is -0.111. The standard InChI is InChI=1S/C24H31FN2O3/c1-17(2)27(18(3)4)14-15-30-23-16-21(11-12-22(23)29-5)26-24(28)13-8-19-6-9-20(25)10-7-19/h6-13,16-18H,14-15H2,1-5H3,(H,26,28)/b13-8+. The molecule has 0 spiro atoms. The van der Waals surface area contributed by atoms with E-state index in [1.165, 1.54) is 18.2 Å². The van der Waals surface area contributed by atoms with Crippen molar-refractivity contribution in [1.82, 2.24) is 4.90 Å². The Kier molecular flexibility index (Phi) is 8.87. The lowest BCUT2D eigenvalue weighted by Crippen LogP contribution is -2.39. The molecule has 1 amide bonds. The fourth-order valence-corrected chi connectivity index (χ4v) is 3.17. The first-order valence-corrected chi connectivity index (χ1v) is 10.1. The molecule has 0 radical (unpaired) electrons. The van der Waals surface area contributed by atoms with Gasteiger partial charge in [-0.2, -0.15) is 0 Å². The topological polar surface area (TPSA) is 50.8 Å². The van der Waals surface area contributed by atoms with Crippen LogP contribution in [0.4, 0.5) is 10.1 Å². The Balaban J connectivity index is 2.00. The number of halogens is 1. The Hall–Kier alpha value is -2.86. The molecule has 0 heterocycles. The Morgan fingerprint density at radius 2 is 1.73 bits per heavy atom. The number of carbonyl (C=O) groups excluding carboxylic acids is 1. The quantitative estimate of drug-likeness (QED) is 0.557. The third-order valence-corrected chi connectivity index (χ3v) is 4.66. The largest absolute Gasteiger partial charge is 0.493 e. The maximum Gasteiger partial charge on any atom is 0.248 e. The minimum absolute atomic E-state index is 0.291. The molecule has 1 N–H and O–H groups in total. The van der Waals surface area contributed by atoms with Crippen LogP contribution in [0.3, 0.4) is 0 Å². The molecular formula is C24H31FN2O3. The molecule has 0 aliphatic carbocycles. The molecule has 0 atom stereocenters. The van der Waals surface area contributed by atoms with Gasteiger partial charge in [-0.1, -0.05) is 12.1 Å². The normalized spacial score (nSPS) is 11.5. The summed E-state index contributed by atoms with van der Waals surface area (Å²) in [5, 5.41) is 2.81. The highest BCUT2D eigenvalue weighted by atomic mass is 19.1. The van der Waals surface area contributed by atoms with Crippen molar-refractivity contribution in [2.75, 3.05) is 25.6 Å². The highest BCUT2D eigenvalue weighted by molar-refractivity contribution is 6.02. The number of nitrogens with one attached hydrogen (secondary N) is 1. The van der Waals surface area contributed by atoms with E-state index >= 15 is 0 Å². The van der Waals surface area contributed by atoms with E-state index in [0.717, 1.165) is 12.1 Å². The van der Waals surface area contributed by atoms with Crippen LogP contribution in [-0.2, 0) is 4.79 Å². The number of hydrogen-bond donors (Lipinski definition) is 1. The van der Waals surface area contributed by atoms with Crippen LogP contribution in [0.2, 0.25) is 0 Å². The molecule has 6 heteroatoms. The molecule has 0 saturated carbocycles. The number of rotatable bonds is 10. The second-order valence-electron chi connectivity index (χ2n) is 7.51. The van der Waals surface area contributed by atoms with E-state index in [1.54, 1.807) is 43.5 Å². The number of carbonyl (C=O) groups is 1. The minimum atomic E-state index is -0.313. The molecular weight excluding hydrogens is 383 g/mol. The zero-order chi connectivity index (χ0) is 22.1. The van der Waals surface area contributed by atoms with Crippen LogP contribution in [0.15, 0.2) is 48.5 Å². The zero-order valence-electron chi connectivity index (χ0n) is 18.3. The van der Waals surface area contributed by atoms with Gasteiger partial charge in [0.1, 0.15) is 12.4 Å². The fraction of sp³-hybridized carbons (Fsp3) is 0.375. The average Bonchev–Trinajstić information content (AvgIpc) is 2.70. The molecule has 0 aromatic heterocycles. The molecule has 2 rings (SSSR count). The lowest BCUT2D eigenvalue weighted by atomic mass is 10.2. The first kappa shape index (κ1) is 23.4. The Morgan fingerprint density at radius 3 is 2.33 bits per heavy atom. The minimum Gasteiger partial charge on any atom is -0.493 e. The van der Waals surface area contributed by atoms with Crippen LogP contribution >= 0.6 is 0 Å². The number of anilines is 1. The third kappa shape index (κ3) is 7.19. The summed E-state index contributed by atoms with van der Waals surface area (Å²) in [6.45, 7) is 9.95. The van der Waals surface area contributed by atoms with Crippen molar-refractivity contribution < 1.29 is 18.7 Å². The number of nitrogens with zero attached hydrogens (tertiary/aromatic N) is 1. The van der Waals surface area contributed by atoms with Gasteiger partial charge in [0.25, 0.3) is 0 Å². The van der Waals surface area contributed by atoms with Crippen molar-refractivity contribution in [3.8, 4) is 11.5 Å². The summed E-state index contributed by atoms with van der Waals surface area (Å²) in [7, 11) is 1.58. The van der Waals surface area contributed by atoms with Gasteiger partial charge in [0.05, 0.1) is 7.11 Å². The number of methoxy groups -OCH3 is 1. The van der Waals surface area contributed by atoms with Crippen LogP contribution in [0.25, 0.3) is 6.08 Å². The van der Waals surface area contributed by atoms with Gasteiger partial charge in [-0.25, -0.2) is 4.39 Å². The van der Waals surface area contributed by atoms with Gasteiger partial charge in [0.15, 0.2) is 11.5 Å². The van der Waals surface area contributed by atoms with Gasteiger partial charge in [0, 0.05) is 36.5 Å². The summed E-state index contributed by atoms with van der Waals surface area (Å²) in [4.78, 5) is 14.6. The predicted molar refractivity (Wildman–Crippen MR) is 120 cm³/mol. The van der Waals surface area contributed by atoms with Crippen LogP contribution in [-0.4, -0.2) is 43.2 Å². The summed E-state index contributed by atoms with van der Waals surface area (Å²) in [5.41, 5.74) is 1.34. The Morgan fingerprint density at radius 1 is 1.07 bits per heavy atom. The summed E-state index contributed by atoms with van der Waals surface area (Å²) in [6, 6.07) is 12.0. The van der Waals surface area contributed by atoms with Crippen molar-refractivity contribution in [3.63, 3.8) is 0 Å². The number of ether oxygens (including phenoxy) is 2. The average molecular weight is 415 g/mol. The van der Waals surface area contributed by atoms with Gasteiger partial charge in [-0.15, -0.1) is 0 Å². The van der Waals surface area contributed by atoms with E-state index in [0.29, 0.717) is 35.9 Å². The van der Waals surface area contributed by atoms with Crippen molar-refractivity contribution in [2.45, 2.75) is 39.8 Å². The highest BCUT2D eigenvalue weighted by Gasteiger charge is 2.14. The molecule has 2 aromatic rings. The lowest BCUT2D eigenvalue weighted by Gasteiger charge is -2.30. The first-order chi connectivity index (χ1) is 14.3. The van der Waals surface area contributed by atoms with Gasteiger partial charge < -0.3 is 14.8 Å². The third-order valence-electron chi connectivity index (χ3n) is 4.66. The monoisotopic (exact) mass is 414 g/mol. The fourth-order valence-electron chi connectivity index (χ4n) is 3.17. The first-order valence-electron chi connectivity index (χ1n) is 10.1. The van der Waals surface area contributed by atoms with E-state index in [2.05, 4.69) is 37.9 Å². The Bertz CT molecular complexity index is 840. The molecule has 0 aliphatic heterocycles. The van der Waals surface area contributed by atoms with Crippen LogP contribution in [0, 0.1) is 5.82 Å². The SMILES string of the molecule is COc1ccc(NC(=O)/C=C/c2ccc(F)cc2)cc1OCCN(C(C)C)C(C)C. The van der Waals surface area contributed by atoms with Crippen molar-refractivity contribution in [3.05, 3.63) is 59.9 Å². The van der Waals surface area contributed by atoms with E-state index in [4.69, 9.17) is 9.47 Å². The number of amides is 1. The van der Waals surface area contributed by atoms with Gasteiger partial charge in [0.2, 0.25) is 5.91 Å². The van der Waals surface area contributed by atoms with Crippen LogP contribution in [0.1, 0.15) is 33.3 Å². The van der Waals surface area contributed by atoms with Crippen molar-refractivity contribution in [1.29, 1.82) is 0 Å². The second-order valence-corrected chi connectivity index (χ2v) is 7.51. The predicted octanol–water partition coefficient (Wildman–Crippen LogP) is 4.98. The maximum atomic E-state index is 13.0. The van der Waals surface area contributed by atoms with Crippen LogP contribution in [0.5, 0.6) is 11.5 Å². The van der Waals surface area contributed by atoms with Gasteiger partial charge >= 0.3 is 0 Å². The Labute approximate surface area is 178 Å². The summed E-state index contributed by atoms with van der Waals surface area (Å²) in [6.07, 6.45) is 3.03.